The molecule has 1 fully saturated rings. The molecule has 2 atom stereocenters. The fourth-order valence-corrected chi connectivity index (χ4v) is 2.65. The predicted molar refractivity (Wildman–Crippen MR) is 70.1 cm³/mol. The summed E-state index contributed by atoms with van der Waals surface area (Å²) in [4.78, 5) is 2.18. The van der Waals surface area contributed by atoms with Crippen molar-refractivity contribution in [1.29, 1.82) is 0 Å². The van der Waals surface area contributed by atoms with E-state index in [2.05, 4.69) is 15.9 Å². The van der Waals surface area contributed by atoms with Gasteiger partial charge in [-0.3, -0.25) is 0 Å². The summed E-state index contributed by atoms with van der Waals surface area (Å²) in [6.45, 7) is 3.31. The van der Waals surface area contributed by atoms with E-state index in [4.69, 9.17) is 0 Å². The molecule has 1 nitrogen and oxygen atoms in total. The molecule has 2 unspecified atom stereocenters. The number of benzene rings is 1. The van der Waals surface area contributed by atoms with Crippen LogP contribution < -0.4 is 4.90 Å². The largest absolute Gasteiger partial charge is 0.416 e. The van der Waals surface area contributed by atoms with Gasteiger partial charge in [-0.25, -0.2) is 4.39 Å². The van der Waals surface area contributed by atoms with Crippen LogP contribution >= 0.6 is 15.9 Å². The van der Waals surface area contributed by atoms with Gasteiger partial charge in [0, 0.05) is 17.9 Å². The average Bonchev–Trinajstić information content (AvgIpc) is 2.31. The standard InChI is InChI=1S/C13H14BrF4N/c1-8-7-19(5-4-10(8)14)12-3-2-9(6-11(12)15)13(16,17)18/h2-3,6,8,10H,4-5,7H2,1H3. The molecule has 0 amide bonds. The fourth-order valence-electron chi connectivity index (χ4n) is 2.28. The maximum Gasteiger partial charge on any atom is 0.416 e. The van der Waals surface area contributed by atoms with Crippen molar-refractivity contribution < 1.29 is 17.6 Å². The van der Waals surface area contributed by atoms with Crippen LogP contribution in [0, 0.1) is 11.7 Å². The highest BCUT2D eigenvalue weighted by molar-refractivity contribution is 9.09. The minimum absolute atomic E-state index is 0.249. The lowest BCUT2D eigenvalue weighted by molar-refractivity contribution is -0.137. The lowest BCUT2D eigenvalue weighted by Gasteiger charge is -2.36. The SMILES string of the molecule is CC1CN(c2ccc(C(F)(F)F)cc2F)CCC1Br. The number of hydrogen-bond acceptors (Lipinski definition) is 1. The van der Waals surface area contributed by atoms with Crippen molar-refractivity contribution in [2.75, 3.05) is 18.0 Å². The van der Waals surface area contributed by atoms with Gasteiger partial charge in [0.2, 0.25) is 0 Å². The minimum Gasteiger partial charge on any atom is -0.369 e. The molecule has 6 heteroatoms. The minimum atomic E-state index is -4.50. The van der Waals surface area contributed by atoms with Crippen LogP contribution in [0.1, 0.15) is 18.9 Å². The third-order valence-corrected chi connectivity index (χ3v) is 4.78. The van der Waals surface area contributed by atoms with Gasteiger partial charge in [0.25, 0.3) is 0 Å². The first-order chi connectivity index (χ1) is 8.79. The number of halogens is 5. The molecule has 0 bridgehead atoms. The smallest absolute Gasteiger partial charge is 0.369 e. The molecular formula is C13H14BrF4N. The Kier molecular flexibility index (Phi) is 4.08. The summed E-state index contributed by atoms with van der Waals surface area (Å²) >= 11 is 3.54. The molecule has 0 spiro atoms. The van der Waals surface area contributed by atoms with Gasteiger partial charge in [0.1, 0.15) is 5.82 Å². The second-order valence-electron chi connectivity index (χ2n) is 4.89. The Morgan fingerprint density at radius 3 is 2.53 bits per heavy atom. The number of nitrogens with zero attached hydrogens (tertiary/aromatic N) is 1. The molecule has 0 saturated carbocycles. The molecule has 106 valence electrons. The number of anilines is 1. The van der Waals surface area contributed by atoms with Gasteiger partial charge >= 0.3 is 6.18 Å². The highest BCUT2D eigenvalue weighted by Crippen LogP contribution is 2.34. The predicted octanol–water partition coefficient (Wildman–Crippen LogP) is 4.45. The second-order valence-corrected chi connectivity index (χ2v) is 6.07. The van der Waals surface area contributed by atoms with Gasteiger partial charge in [-0.1, -0.05) is 22.9 Å². The van der Waals surface area contributed by atoms with Crippen molar-refractivity contribution in [3.05, 3.63) is 29.6 Å². The summed E-state index contributed by atoms with van der Waals surface area (Å²) in [6.07, 6.45) is -3.66. The Balaban J connectivity index is 2.22. The van der Waals surface area contributed by atoms with Crippen LogP contribution in [0.25, 0.3) is 0 Å². The Labute approximate surface area is 117 Å². The molecule has 19 heavy (non-hydrogen) atoms. The van der Waals surface area contributed by atoms with E-state index < -0.39 is 17.6 Å². The molecule has 1 aromatic carbocycles. The van der Waals surface area contributed by atoms with E-state index in [1.54, 1.807) is 4.90 Å². The molecule has 1 heterocycles. The molecule has 0 radical (unpaired) electrons. The van der Waals surface area contributed by atoms with E-state index in [1.165, 1.54) is 6.07 Å². The van der Waals surface area contributed by atoms with E-state index in [1.807, 2.05) is 6.92 Å². The molecule has 2 rings (SSSR count). The highest BCUT2D eigenvalue weighted by atomic mass is 79.9. The van der Waals surface area contributed by atoms with Crippen LogP contribution in [-0.2, 0) is 6.18 Å². The third kappa shape index (κ3) is 3.22. The average molecular weight is 340 g/mol. The number of rotatable bonds is 1. The fraction of sp³-hybridized carbons (Fsp3) is 0.538. The van der Waals surface area contributed by atoms with Gasteiger partial charge in [0.05, 0.1) is 11.3 Å². The molecular weight excluding hydrogens is 326 g/mol. The van der Waals surface area contributed by atoms with Crippen molar-refractivity contribution >= 4 is 21.6 Å². The summed E-state index contributed by atoms with van der Waals surface area (Å²) in [6, 6.07) is 2.73. The molecule has 1 aliphatic rings. The lowest BCUT2D eigenvalue weighted by Crippen LogP contribution is -2.40. The molecule has 0 N–H and O–H groups in total. The first-order valence-electron chi connectivity index (χ1n) is 6.05. The number of piperidine rings is 1. The van der Waals surface area contributed by atoms with Gasteiger partial charge < -0.3 is 4.90 Å². The quantitative estimate of drug-likeness (QED) is 0.539. The summed E-state index contributed by atoms with van der Waals surface area (Å²) in [5.41, 5.74) is -0.698. The normalized spacial score (nSPS) is 24.6. The van der Waals surface area contributed by atoms with Gasteiger partial charge in [-0.05, 0) is 30.5 Å². The van der Waals surface area contributed by atoms with Crippen LogP contribution in [0.15, 0.2) is 18.2 Å². The zero-order chi connectivity index (χ0) is 14.2. The van der Waals surface area contributed by atoms with Gasteiger partial charge in [-0.15, -0.1) is 0 Å². The number of hydrogen-bond donors (Lipinski definition) is 0. The zero-order valence-electron chi connectivity index (χ0n) is 10.3. The van der Waals surface area contributed by atoms with E-state index in [9.17, 15) is 17.6 Å². The Morgan fingerprint density at radius 1 is 1.32 bits per heavy atom. The molecule has 0 aromatic heterocycles. The van der Waals surface area contributed by atoms with E-state index in [0.29, 0.717) is 29.9 Å². The van der Waals surface area contributed by atoms with Crippen molar-refractivity contribution in [2.24, 2.45) is 5.92 Å². The zero-order valence-corrected chi connectivity index (χ0v) is 11.9. The maximum absolute atomic E-state index is 13.8. The summed E-state index contributed by atoms with van der Waals surface area (Å²) in [5, 5.41) is 0. The van der Waals surface area contributed by atoms with Gasteiger partial charge in [-0.2, -0.15) is 13.2 Å². The van der Waals surface area contributed by atoms with Crippen LogP contribution in [0.4, 0.5) is 23.2 Å². The summed E-state index contributed by atoms with van der Waals surface area (Å²) in [7, 11) is 0. The van der Waals surface area contributed by atoms with E-state index in [-0.39, 0.29) is 5.69 Å². The highest BCUT2D eigenvalue weighted by Gasteiger charge is 2.32. The molecule has 1 aliphatic heterocycles. The van der Waals surface area contributed by atoms with Crippen LogP contribution in [0.5, 0.6) is 0 Å². The van der Waals surface area contributed by atoms with Gasteiger partial charge in [0.15, 0.2) is 0 Å². The molecule has 0 aliphatic carbocycles. The van der Waals surface area contributed by atoms with E-state index in [0.717, 1.165) is 12.5 Å². The molecule has 1 aromatic rings. The van der Waals surface area contributed by atoms with Crippen molar-refractivity contribution in [2.45, 2.75) is 24.3 Å². The Morgan fingerprint density at radius 2 is 2.00 bits per heavy atom. The Hall–Kier alpha value is -0.780. The van der Waals surface area contributed by atoms with Crippen LogP contribution in [-0.4, -0.2) is 17.9 Å². The summed E-state index contributed by atoms with van der Waals surface area (Å²) < 4.78 is 51.2. The third-order valence-electron chi connectivity index (χ3n) is 3.42. The van der Waals surface area contributed by atoms with Crippen molar-refractivity contribution in [3.8, 4) is 0 Å². The van der Waals surface area contributed by atoms with Crippen molar-refractivity contribution in [1.82, 2.24) is 0 Å². The second kappa shape index (κ2) is 5.31. The maximum atomic E-state index is 13.8. The van der Waals surface area contributed by atoms with Crippen molar-refractivity contribution in [3.63, 3.8) is 0 Å². The molecule has 1 saturated heterocycles. The van der Waals surface area contributed by atoms with Crippen LogP contribution in [0.2, 0.25) is 0 Å². The summed E-state index contributed by atoms with van der Waals surface area (Å²) in [5.74, 6) is -0.481. The van der Waals surface area contributed by atoms with Crippen LogP contribution in [0.3, 0.4) is 0 Å². The monoisotopic (exact) mass is 339 g/mol. The first kappa shape index (κ1) is 14.6. The van der Waals surface area contributed by atoms with E-state index >= 15 is 0 Å². The first-order valence-corrected chi connectivity index (χ1v) is 6.96. The topological polar surface area (TPSA) is 3.24 Å². The number of alkyl halides is 4. The Bertz CT molecular complexity index is 460. The lowest BCUT2D eigenvalue weighted by atomic mass is 9.99.